The van der Waals surface area contributed by atoms with Crippen LogP contribution in [-0.4, -0.2) is 26.6 Å². The standard InChI is InChI=1S/C13H13F3N4OS/c1-2-8-3-9(5-10(4-8)22-13(14,15)16)12(21)17-6-11-18-7-19-20-11/h3-5,7H,2,6H2,1H3,(H,17,21)(H,18,19,20). The number of nitrogens with zero attached hydrogens (tertiary/aromatic N) is 2. The normalized spacial score (nSPS) is 11.5. The predicted molar refractivity (Wildman–Crippen MR) is 75.3 cm³/mol. The summed E-state index contributed by atoms with van der Waals surface area (Å²) in [7, 11) is 0. The number of alkyl halides is 3. The summed E-state index contributed by atoms with van der Waals surface area (Å²) in [5, 5.41) is 8.80. The Kier molecular flexibility index (Phi) is 5.07. The molecule has 0 aliphatic carbocycles. The van der Waals surface area contributed by atoms with Crippen molar-refractivity contribution in [2.75, 3.05) is 0 Å². The molecule has 22 heavy (non-hydrogen) atoms. The molecule has 1 aromatic carbocycles. The summed E-state index contributed by atoms with van der Waals surface area (Å²) < 4.78 is 37.5. The zero-order valence-corrected chi connectivity index (χ0v) is 12.4. The second-order valence-electron chi connectivity index (χ2n) is 4.38. The van der Waals surface area contributed by atoms with Gasteiger partial charge in [0.2, 0.25) is 0 Å². The molecule has 0 spiro atoms. The summed E-state index contributed by atoms with van der Waals surface area (Å²) in [6.07, 6.45) is 1.84. The third kappa shape index (κ3) is 4.76. The second-order valence-corrected chi connectivity index (χ2v) is 5.52. The first-order valence-corrected chi connectivity index (χ1v) is 7.21. The minimum atomic E-state index is -4.39. The molecular formula is C13H13F3N4OS. The third-order valence-corrected chi connectivity index (χ3v) is 3.45. The van der Waals surface area contributed by atoms with Gasteiger partial charge in [0.25, 0.3) is 5.91 Å². The van der Waals surface area contributed by atoms with Crippen molar-refractivity contribution in [3.05, 3.63) is 41.5 Å². The number of amides is 1. The zero-order chi connectivity index (χ0) is 16.2. The van der Waals surface area contributed by atoms with Crippen molar-refractivity contribution in [1.29, 1.82) is 0 Å². The number of rotatable bonds is 5. The lowest BCUT2D eigenvalue weighted by atomic mass is 10.1. The molecule has 2 rings (SSSR count). The zero-order valence-electron chi connectivity index (χ0n) is 11.6. The quantitative estimate of drug-likeness (QED) is 0.827. The van der Waals surface area contributed by atoms with E-state index in [-0.39, 0.29) is 28.8 Å². The maximum Gasteiger partial charge on any atom is 0.446 e. The van der Waals surface area contributed by atoms with Gasteiger partial charge in [0, 0.05) is 10.5 Å². The molecule has 0 saturated heterocycles. The number of benzene rings is 1. The van der Waals surface area contributed by atoms with Gasteiger partial charge in [0.1, 0.15) is 12.2 Å². The van der Waals surface area contributed by atoms with E-state index in [0.29, 0.717) is 17.8 Å². The molecule has 118 valence electrons. The number of aryl methyl sites for hydroxylation is 1. The number of halogens is 3. The predicted octanol–water partition coefficient (Wildman–Crippen LogP) is 2.91. The molecule has 0 saturated carbocycles. The minimum Gasteiger partial charge on any atom is -0.345 e. The van der Waals surface area contributed by atoms with E-state index in [2.05, 4.69) is 20.5 Å². The van der Waals surface area contributed by atoms with Crippen molar-refractivity contribution >= 4 is 17.7 Å². The maximum absolute atomic E-state index is 12.5. The van der Waals surface area contributed by atoms with Crippen LogP contribution in [0.15, 0.2) is 29.4 Å². The fourth-order valence-electron chi connectivity index (χ4n) is 1.77. The molecule has 0 radical (unpaired) electrons. The van der Waals surface area contributed by atoms with Crippen LogP contribution in [0.3, 0.4) is 0 Å². The van der Waals surface area contributed by atoms with E-state index in [0.717, 1.165) is 0 Å². The van der Waals surface area contributed by atoms with Crippen LogP contribution in [0.2, 0.25) is 0 Å². The fourth-order valence-corrected chi connectivity index (χ4v) is 2.43. The van der Waals surface area contributed by atoms with Gasteiger partial charge in [0.15, 0.2) is 0 Å². The first kappa shape index (κ1) is 16.3. The monoisotopic (exact) mass is 330 g/mol. The number of nitrogens with one attached hydrogen (secondary N) is 2. The van der Waals surface area contributed by atoms with Crippen molar-refractivity contribution < 1.29 is 18.0 Å². The highest BCUT2D eigenvalue weighted by atomic mass is 32.2. The van der Waals surface area contributed by atoms with Crippen LogP contribution in [0, 0.1) is 0 Å². The van der Waals surface area contributed by atoms with E-state index >= 15 is 0 Å². The Labute approximate surface area is 128 Å². The molecule has 9 heteroatoms. The topological polar surface area (TPSA) is 70.7 Å². The fraction of sp³-hybridized carbons (Fsp3) is 0.308. The van der Waals surface area contributed by atoms with Crippen molar-refractivity contribution in [2.24, 2.45) is 0 Å². The number of H-pyrrole nitrogens is 1. The first-order chi connectivity index (χ1) is 10.4. The highest BCUT2D eigenvalue weighted by molar-refractivity contribution is 8.00. The van der Waals surface area contributed by atoms with E-state index in [9.17, 15) is 18.0 Å². The molecule has 0 bridgehead atoms. The molecule has 2 N–H and O–H groups in total. The van der Waals surface area contributed by atoms with Gasteiger partial charge in [-0.15, -0.1) is 0 Å². The second kappa shape index (κ2) is 6.82. The Morgan fingerprint density at radius 2 is 2.14 bits per heavy atom. The number of carbonyl (C=O) groups excluding carboxylic acids is 1. The average molecular weight is 330 g/mol. The Bertz CT molecular complexity index is 643. The maximum atomic E-state index is 12.5. The van der Waals surface area contributed by atoms with Crippen LogP contribution in [0.1, 0.15) is 28.7 Å². The third-order valence-electron chi connectivity index (χ3n) is 2.75. The van der Waals surface area contributed by atoms with E-state index in [4.69, 9.17) is 0 Å². The summed E-state index contributed by atoms with van der Waals surface area (Å²) in [5.41, 5.74) is -3.54. The van der Waals surface area contributed by atoms with Gasteiger partial charge in [-0.3, -0.25) is 9.89 Å². The lowest BCUT2D eigenvalue weighted by Crippen LogP contribution is -2.23. The van der Waals surface area contributed by atoms with E-state index in [1.54, 1.807) is 6.07 Å². The molecule has 0 aliphatic heterocycles. The first-order valence-electron chi connectivity index (χ1n) is 6.39. The minimum absolute atomic E-state index is 0.00309. The highest BCUT2D eigenvalue weighted by Gasteiger charge is 2.29. The van der Waals surface area contributed by atoms with Gasteiger partial charge >= 0.3 is 5.51 Å². The number of carbonyl (C=O) groups is 1. The van der Waals surface area contributed by atoms with E-state index in [1.807, 2.05) is 6.92 Å². The van der Waals surface area contributed by atoms with Crippen molar-refractivity contribution in [2.45, 2.75) is 30.3 Å². The van der Waals surface area contributed by atoms with Crippen LogP contribution >= 0.6 is 11.8 Å². The molecule has 1 heterocycles. The number of hydrogen-bond acceptors (Lipinski definition) is 4. The molecular weight excluding hydrogens is 317 g/mol. The van der Waals surface area contributed by atoms with Gasteiger partial charge in [-0.2, -0.15) is 18.3 Å². The van der Waals surface area contributed by atoms with Crippen LogP contribution in [0.5, 0.6) is 0 Å². The van der Waals surface area contributed by atoms with Crippen LogP contribution < -0.4 is 5.32 Å². The Morgan fingerprint density at radius 1 is 1.36 bits per heavy atom. The van der Waals surface area contributed by atoms with Crippen molar-refractivity contribution in [1.82, 2.24) is 20.5 Å². The molecule has 0 unspecified atom stereocenters. The van der Waals surface area contributed by atoms with Gasteiger partial charge < -0.3 is 5.32 Å². The summed E-state index contributed by atoms with van der Waals surface area (Å²) >= 11 is -0.231. The number of aromatic amines is 1. The van der Waals surface area contributed by atoms with Gasteiger partial charge in [-0.25, -0.2) is 4.98 Å². The highest BCUT2D eigenvalue weighted by Crippen LogP contribution is 2.37. The Morgan fingerprint density at radius 3 is 2.73 bits per heavy atom. The van der Waals surface area contributed by atoms with Crippen LogP contribution in [-0.2, 0) is 13.0 Å². The Hall–Kier alpha value is -2.03. The van der Waals surface area contributed by atoms with Gasteiger partial charge in [0.05, 0.1) is 6.54 Å². The number of hydrogen-bond donors (Lipinski definition) is 2. The molecule has 5 nitrogen and oxygen atoms in total. The molecule has 0 aliphatic rings. The summed E-state index contributed by atoms with van der Waals surface area (Å²) in [6, 6.07) is 4.24. The lowest BCUT2D eigenvalue weighted by molar-refractivity contribution is -0.0328. The largest absolute Gasteiger partial charge is 0.446 e. The summed E-state index contributed by atoms with van der Waals surface area (Å²) in [6.45, 7) is 1.94. The van der Waals surface area contributed by atoms with E-state index in [1.165, 1.54) is 18.5 Å². The lowest BCUT2D eigenvalue weighted by Gasteiger charge is -2.10. The molecule has 2 aromatic rings. The average Bonchev–Trinajstić information content (AvgIpc) is 2.95. The van der Waals surface area contributed by atoms with E-state index < -0.39 is 11.4 Å². The number of thioether (sulfide) groups is 1. The van der Waals surface area contributed by atoms with Crippen molar-refractivity contribution in [3.63, 3.8) is 0 Å². The van der Waals surface area contributed by atoms with Gasteiger partial charge in [-0.05, 0) is 41.9 Å². The van der Waals surface area contributed by atoms with Crippen molar-refractivity contribution in [3.8, 4) is 0 Å². The van der Waals surface area contributed by atoms with Gasteiger partial charge in [-0.1, -0.05) is 6.92 Å². The smallest absolute Gasteiger partial charge is 0.345 e. The molecule has 0 fully saturated rings. The molecule has 1 amide bonds. The van der Waals surface area contributed by atoms with Crippen LogP contribution in [0.25, 0.3) is 0 Å². The summed E-state index contributed by atoms with van der Waals surface area (Å²) in [5.74, 6) is 0.000565. The van der Waals surface area contributed by atoms with Crippen LogP contribution in [0.4, 0.5) is 13.2 Å². The molecule has 1 aromatic heterocycles. The molecule has 0 atom stereocenters. The number of aromatic nitrogens is 3. The Balaban J connectivity index is 2.14. The SMILES string of the molecule is CCc1cc(SC(F)(F)F)cc(C(=O)NCc2ncn[nH]2)c1. The summed E-state index contributed by atoms with van der Waals surface area (Å²) in [4.78, 5) is 15.9.